The SMILES string of the molecule is Cc1ccc2c(c1)[C@H](C1(N)C=C(C(F)(F)F)NC(N)=N1)[C@@H](C)C2. The highest BCUT2D eigenvalue weighted by Crippen LogP contribution is 2.46. The number of aryl methyl sites for hydroxylation is 1. The van der Waals surface area contributed by atoms with Gasteiger partial charge in [-0.1, -0.05) is 30.7 Å². The van der Waals surface area contributed by atoms with E-state index in [0.717, 1.165) is 29.2 Å². The van der Waals surface area contributed by atoms with Gasteiger partial charge in [-0.2, -0.15) is 13.2 Å². The average Bonchev–Trinajstić information content (AvgIpc) is 2.72. The number of alkyl halides is 3. The molecule has 0 aromatic heterocycles. The number of nitrogens with one attached hydrogen (secondary N) is 1. The topological polar surface area (TPSA) is 76.4 Å². The van der Waals surface area contributed by atoms with Crippen molar-refractivity contribution in [2.24, 2.45) is 22.4 Å². The van der Waals surface area contributed by atoms with Crippen LogP contribution >= 0.6 is 0 Å². The van der Waals surface area contributed by atoms with Crippen molar-refractivity contribution in [2.45, 2.75) is 38.0 Å². The molecular formula is C16H19F3N4. The monoisotopic (exact) mass is 324 g/mol. The van der Waals surface area contributed by atoms with Crippen LogP contribution < -0.4 is 16.8 Å². The second kappa shape index (κ2) is 4.99. The summed E-state index contributed by atoms with van der Waals surface area (Å²) in [6, 6.07) is 5.98. The molecule has 3 atom stereocenters. The molecule has 124 valence electrons. The molecule has 1 aliphatic carbocycles. The summed E-state index contributed by atoms with van der Waals surface area (Å²) in [7, 11) is 0. The van der Waals surface area contributed by atoms with E-state index in [1.807, 2.05) is 32.0 Å². The van der Waals surface area contributed by atoms with Crippen LogP contribution in [0.5, 0.6) is 0 Å². The third-order valence-corrected chi connectivity index (χ3v) is 4.50. The summed E-state index contributed by atoms with van der Waals surface area (Å²) >= 11 is 0. The fourth-order valence-electron chi connectivity index (χ4n) is 3.65. The standard InChI is InChI=1S/C16H19F3N4/c1-8-3-4-10-6-9(2)13(11(10)5-8)15(21)7-12(16(17,18)19)22-14(20)23-15/h3-5,7,9,13H,6,21H2,1-2H3,(H3,20,22,23)/t9-,13+,15?/m0/s1. The molecule has 5 N–H and O–H groups in total. The van der Waals surface area contributed by atoms with Crippen molar-refractivity contribution in [3.05, 3.63) is 46.7 Å². The highest BCUT2D eigenvalue weighted by Gasteiger charge is 2.47. The van der Waals surface area contributed by atoms with Gasteiger partial charge in [0.05, 0.1) is 0 Å². The van der Waals surface area contributed by atoms with Gasteiger partial charge in [0.1, 0.15) is 11.4 Å². The van der Waals surface area contributed by atoms with Crippen LogP contribution in [0.2, 0.25) is 0 Å². The van der Waals surface area contributed by atoms with Crippen molar-refractivity contribution in [1.82, 2.24) is 5.32 Å². The maximum absolute atomic E-state index is 13.1. The predicted octanol–water partition coefficient (Wildman–Crippen LogP) is 2.29. The molecule has 0 saturated heterocycles. The molecule has 1 aromatic rings. The van der Waals surface area contributed by atoms with Crippen molar-refractivity contribution in [3.8, 4) is 0 Å². The van der Waals surface area contributed by atoms with Crippen LogP contribution in [0.1, 0.15) is 29.5 Å². The van der Waals surface area contributed by atoms with Gasteiger partial charge < -0.3 is 16.8 Å². The van der Waals surface area contributed by atoms with E-state index in [9.17, 15) is 13.2 Å². The van der Waals surface area contributed by atoms with Gasteiger partial charge >= 0.3 is 6.18 Å². The van der Waals surface area contributed by atoms with E-state index < -0.39 is 17.5 Å². The Hall–Kier alpha value is -2.02. The summed E-state index contributed by atoms with van der Waals surface area (Å²) in [4.78, 5) is 4.12. The van der Waals surface area contributed by atoms with Gasteiger partial charge in [0.2, 0.25) is 0 Å². The maximum Gasteiger partial charge on any atom is 0.431 e. The molecule has 23 heavy (non-hydrogen) atoms. The number of hydrogen-bond donors (Lipinski definition) is 3. The Labute approximate surface area is 132 Å². The minimum Gasteiger partial charge on any atom is -0.370 e. The number of guanidine groups is 1. The van der Waals surface area contributed by atoms with Crippen LogP contribution in [0.4, 0.5) is 13.2 Å². The van der Waals surface area contributed by atoms with Gasteiger partial charge in [-0.05, 0) is 36.5 Å². The molecule has 2 aliphatic rings. The first-order valence-corrected chi connectivity index (χ1v) is 7.41. The first kappa shape index (κ1) is 15.9. The fourth-order valence-corrected chi connectivity index (χ4v) is 3.65. The number of fused-ring (bicyclic) bond motifs is 1. The Morgan fingerprint density at radius 3 is 2.70 bits per heavy atom. The van der Waals surface area contributed by atoms with E-state index in [2.05, 4.69) is 10.3 Å². The zero-order valence-electron chi connectivity index (χ0n) is 12.9. The Morgan fingerprint density at radius 1 is 1.35 bits per heavy atom. The number of halogens is 3. The van der Waals surface area contributed by atoms with E-state index in [1.165, 1.54) is 0 Å². The van der Waals surface area contributed by atoms with Gasteiger partial charge in [0.25, 0.3) is 0 Å². The number of nitrogens with zero attached hydrogens (tertiary/aromatic N) is 1. The minimum atomic E-state index is -4.55. The molecule has 4 nitrogen and oxygen atoms in total. The largest absolute Gasteiger partial charge is 0.431 e. The average molecular weight is 324 g/mol. The van der Waals surface area contributed by atoms with E-state index >= 15 is 0 Å². The normalized spacial score (nSPS) is 30.3. The molecule has 1 aliphatic heterocycles. The Kier molecular flexibility index (Phi) is 3.44. The molecule has 0 amide bonds. The van der Waals surface area contributed by atoms with Crippen molar-refractivity contribution < 1.29 is 13.2 Å². The zero-order chi connectivity index (χ0) is 17.0. The van der Waals surface area contributed by atoms with Crippen molar-refractivity contribution >= 4 is 5.96 Å². The van der Waals surface area contributed by atoms with Crippen LogP contribution in [0.25, 0.3) is 0 Å². The van der Waals surface area contributed by atoms with E-state index in [1.54, 1.807) is 0 Å². The molecule has 1 heterocycles. The fraction of sp³-hybridized carbons (Fsp3) is 0.438. The summed E-state index contributed by atoms with van der Waals surface area (Å²) in [5, 5.41) is 2.07. The lowest BCUT2D eigenvalue weighted by molar-refractivity contribution is -0.0960. The van der Waals surface area contributed by atoms with Crippen molar-refractivity contribution in [2.75, 3.05) is 0 Å². The van der Waals surface area contributed by atoms with Gasteiger partial charge in [0, 0.05) is 5.92 Å². The number of benzene rings is 1. The molecule has 7 heteroatoms. The summed E-state index contributed by atoms with van der Waals surface area (Å²) in [6.07, 6.45) is -2.83. The Bertz CT molecular complexity index is 708. The zero-order valence-corrected chi connectivity index (χ0v) is 12.9. The number of allylic oxidation sites excluding steroid dienone is 1. The van der Waals surface area contributed by atoms with Crippen LogP contribution in [-0.2, 0) is 6.42 Å². The molecule has 1 aromatic carbocycles. The van der Waals surface area contributed by atoms with Crippen LogP contribution in [-0.4, -0.2) is 17.8 Å². The molecular weight excluding hydrogens is 305 g/mol. The first-order valence-electron chi connectivity index (χ1n) is 7.41. The van der Waals surface area contributed by atoms with Gasteiger partial charge in [-0.25, -0.2) is 4.99 Å². The highest BCUT2D eigenvalue weighted by molar-refractivity contribution is 5.82. The van der Waals surface area contributed by atoms with Gasteiger partial charge in [0.15, 0.2) is 5.96 Å². The molecule has 0 spiro atoms. The molecule has 0 saturated carbocycles. The number of aliphatic imine (C=N–C) groups is 1. The molecule has 1 unspecified atom stereocenters. The minimum absolute atomic E-state index is 0.0668. The number of rotatable bonds is 1. The summed E-state index contributed by atoms with van der Waals surface area (Å²) < 4.78 is 39.3. The van der Waals surface area contributed by atoms with E-state index in [4.69, 9.17) is 11.5 Å². The van der Waals surface area contributed by atoms with Crippen LogP contribution in [0.3, 0.4) is 0 Å². The number of nitrogens with two attached hydrogens (primary N) is 2. The molecule has 0 bridgehead atoms. The summed E-state index contributed by atoms with van der Waals surface area (Å²) in [5.74, 6) is -0.594. The second-order valence-electron chi connectivity index (χ2n) is 6.43. The van der Waals surface area contributed by atoms with E-state index in [-0.39, 0.29) is 17.8 Å². The van der Waals surface area contributed by atoms with Gasteiger partial charge in [-0.3, -0.25) is 0 Å². The van der Waals surface area contributed by atoms with Crippen molar-refractivity contribution in [1.29, 1.82) is 0 Å². The van der Waals surface area contributed by atoms with Crippen LogP contribution in [0.15, 0.2) is 35.0 Å². The number of hydrogen-bond acceptors (Lipinski definition) is 4. The molecule has 0 fully saturated rings. The lowest BCUT2D eigenvalue weighted by atomic mass is 9.81. The third-order valence-electron chi connectivity index (χ3n) is 4.50. The maximum atomic E-state index is 13.1. The van der Waals surface area contributed by atoms with Crippen molar-refractivity contribution in [3.63, 3.8) is 0 Å². The lowest BCUT2D eigenvalue weighted by Gasteiger charge is -2.36. The highest BCUT2D eigenvalue weighted by atomic mass is 19.4. The van der Waals surface area contributed by atoms with Crippen LogP contribution in [0, 0.1) is 12.8 Å². The lowest BCUT2D eigenvalue weighted by Crippen LogP contribution is -2.52. The predicted molar refractivity (Wildman–Crippen MR) is 82.6 cm³/mol. The Morgan fingerprint density at radius 2 is 2.04 bits per heavy atom. The third kappa shape index (κ3) is 2.69. The van der Waals surface area contributed by atoms with E-state index in [0.29, 0.717) is 0 Å². The quantitative estimate of drug-likeness (QED) is 0.742. The summed E-state index contributed by atoms with van der Waals surface area (Å²) in [6.45, 7) is 3.92. The molecule has 3 rings (SSSR count). The second-order valence-corrected chi connectivity index (χ2v) is 6.43. The first-order chi connectivity index (χ1) is 10.6. The Balaban J connectivity index is 2.11. The summed E-state index contributed by atoms with van der Waals surface area (Å²) in [5.41, 5.74) is 12.5. The van der Waals surface area contributed by atoms with Gasteiger partial charge in [-0.15, -0.1) is 0 Å². The molecule has 0 radical (unpaired) electrons. The smallest absolute Gasteiger partial charge is 0.370 e.